The van der Waals surface area contributed by atoms with E-state index in [1.165, 1.54) is 12.8 Å². The first-order valence-electron chi connectivity index (χ1n) is 9.38. The van der Waals surface area contributed by atoms with E-state index in [-0.39, 0.29) is 6.03 Å². The normalized spacial score (nSPS) is 23.5. The fourth-order valence-corrected chi connectivity index (χ4v) is 4.40. The molecule has 4 rings (SSSR count). The van der Waals surface area contributed by atoms with Crippen LogP contribution in [-0.4, -0.2) is 46.7 Å². The Balaban J connectivity index is 1.43. The van der Waals surface area contributed by atoms with Gasteiger partial charge in [0, 0.05) is 31.6 Å². The molecule has 0 saturated carbocycles. The smallest absolute Gasteiger partial charge is 0.317 e. The molecule has 1 aromatic heterocycles. The van der Waals surface area contributed by atoms with Gasteiger partial charge >= 0.3 is 6.03 Å². The molecule has 2 aliphatic heterocycles. The van der Waals surface area contributed by atoms with Crippen LogP contribution in [0.25, 0.3) is 11.0 Å². The lowest BCUT2D eigenvalue weighted by atomic mass is 9.79. The van der Waals surface area contributed by atoms with Crippen LogP contribution in [0.5, 0.6) is 0 Å². The zero-order valence-electron chi connectivity index (χ0n) is 14.9. The van der Waals surface area contributed by atoms with Gasteiger partial charge in [-0.05, 0) is 44.9 Å². The minimum absolute atomic E-state index is 0.0423. The number of hydrogen-bond acceptors (Lipinski definition) is 3. The molecule has 25 heavy (non-hydrogen) atoms. The van der Waals surface area contributed by atoms with Gasteiger partial charge in [0.15, 0.2) is 0 Å². The molecule has 2 N–H and O–H groups in total. The fraction of sp³-hybridized carbons (Fsp3) is 0.579. The van der Waals surface area contributed by atoms with Crippen LogP contribution >= 0.6 is 0 Å². The predicted molar refractivity (Wildman–Crippen MR) is 98.4 cm³/mol. The summed E-state index contributed by atoms with van der Waals surface area (Å²) in [7, 11) is 0. The van der Waals surface area contributed by atoms with Crippen molar-refractivity contribution >= 4 is 17.1 Å². The second-order valence-corrected chi connectivity index (χ2v) is 7.37. The Bertz CT molecular complexity index is 762. The Morgan fingerprint density at radius 3 is 3.04 bits per heavy atom. The lowest BCUT2D eigenvalue weighted by Crippen LogP contribution is -2.50. The zero-order chi connectivity index (χ0) is 17.3. The van der Waals surface area contributed by atoms with Gasteiger partial charge in [0.25, 0.3) is 0 Å². The number of fused-ring (bicyclic) bond motifs is 1. The number of aryl methyl sites for hydroxylation is 1. The first-order valence-corrected chi connectivity index (χ1v) is 9.38. The number of carbonyl (C=O) groups excluding carboxylic acids is 1. The summed E-state index contributed by atoms with van der Waals surface area (Å²) in [4.78, 5) is 19.4. The standard InChI is InChI=1S/C19H27N5O/c1-2-24-16-7-4-3-6-15(16)22-17(24)12-21-18(25)23-11-5-8-19(14-23)9-10-20-13-19/h3-4,6-7,20H,2,5,8-14H2,1H3,(H,21,25). The third kappa shape index (κ3) is 3.11. The highest BCUT2D eigenvalue weighted by molar-refractivity contribution is 5.77. The molecule has 6 nitrogen and oxygen atoms in total. The van der Waals surface area contributed by atoms with Crippen molar-refractivity contribution in [2.75, 3.05) is 26.2 Å². The average Bonchev–Trinajstić information content (AvgIpc) is 3.23. The number of likely N-dealkylation sites (tertiary alicyclic amines) is 1. The van der Waals surface area contributed by atoms with Gasteiger partial charge < -0.3 is 20.1 Å². The van der Waals surface area contributed by atoms with Gasteiger partial charge in [0.05, 0.1) is 17.6 Å². The maximum absolute atomic E-state index is 12.7. The lowest BCUT2D eigenvalue weighted by Gasteiger charge is -2.39. The molecule has 1 spiro atoms. The van der Waals surface area contributed by atoms with Crippen LogP contribution in [0.2, 0.25) is 0 Å². The van der Waals surface area contributed by atoms with E-state index in [0.29, 0.717) is 12.0 Å². The van der Waals surface area contributed by atoms with Gasteiger partial charge in [-0.2, -0.15) is 0 Å². The summed E-state index contributed by atoms with van der Waals surface area (Å²) in [6.45, 7) is 7.29. The maximum Gasteiger partial charge on any atom is 0.317 e. The van der Waals surface area contributed by atoms with Crippen LogP contribution in [0.1, 0.15) is 32.0 Å². The van der Waals surface area contributed by atoms with Crippen LogP contribution in [-0.2, 0) is 13.1 Å². The number of carbonyl (C=O) groups is 1. The van der Waals surface area contributed by atoms with E-state index in [2.05, 4.69) is 28.2 Å². The number of nitrogens with one attached hydrogen (secondary N) is 2. The van der Waals surface area contributed by atoms with Gasteiger partial charge in [-0.3, -0.25) is 0 Å². The quantitative estimate of drug-likeness (QED) is 0.901. The Kier molecular flexibility index (Phi) is 4.37. The molecule has 2 aliphatic rings. The fourth-order valence-electron chi connectivity index (χ4n) is 4.40. The molecule has 0 radical (unpaired) electrons. The minimum Gasteiger partial charge on any atom is -0.331 e. The summed E-state index contributed by atoms with van der Waals surface area (Å²) in [5, 5.41) is 6.55. The van der Waals surface area contributed by atoms with E-state index < -0.39 is 0 Å². The molecule has 3 heterocycles. The first kappa shape index (κ1) is 16.4. The van der Waals surface area contributed by atoms with Gasteiger partial charge in [0.2, 0.25) is 0 Å². The molecule has 0 aliphatic carbocycles. The molecule has 2 aromatic rings. The van der Waals surface area contributed by atoms with Crippen LogP contribution in [0, 0.1) is 5.41 Å². The number of amides is 2. The molecule has 2 saturated heterocycles. The third-order valence-electron chi connectivity index (χ3n) is 5.73. The van der Waals surface area contributed by atoms with Crippen molar-refractivity contribution in [2.24, 2.45) is 5.41 Å². The molecule has 6 heteroatoms. The molecule has 1 unspecified atom stereocenters. The number of rotatable bonds is 3. The van der Waals surface area contributed by atoms with Crippen molar-refractivity contribution < 1.29 is 4.79 Å². The zero-order valence-corrected chi connectivity index (χ0v) is 14.9. The SMILES string of the molecule is CCn1c(CNC(=O)N2CCCC3(CCNC3)C2)nc2ccccc21. The summed E-state index contributed by atoms with van der Waals surface area (Å²) < 4.78 is 2.17. The summed E-state index contributed by atoms with van der Waals surface area (Å²) in [5.74, 6) is 0.923. The first-order chi connectivity index (χ1) is 12.2. The number of para-hydroxylation sites is 2. The van der Waals surface area contributed by atoms with Crippen molar-refractivity contribution in [1.82, 2.24) is 25.1 Å². The van der Waals surface area contributed by atoms with Crippen LogP contribution in [0.3, 0.4) is 0 Å². The van der Waals surface area contributed by atoms with Crippen LogP contribution < -0.4 is 10.6 Å². The van der Waals surface area contributed by atoms with E-state index in [1.807, 2.05) is 23.1 Å². The number of urea groups is 1. The highest BCUT2D eigenvalue weighted by atomic mass is 16.2. The molecular formula is C19H27N5O. The van der Waals surface area contributed by atoms with Crippen molar-refractivity contribution in [3.05, 3.63) is 30.1 Å². The van der Waals surface area contributed by atoms with Gasteiger partial charge in [-0.15, -0.1) is 0 Å². The lowest BCUT2D eigenvalue weighted by molar-refractivity contribution is 0.117. The molecule has 2 fully saturated rings. The Morgan fingerprint density at radius 1 is 1.36 bits per heavy atom. The average molecular weight is 341 g/mol. The van der Waals surface area contributed by atoms with Gasteiger partial charge in [0.1, 0.15) is 5.82 Å². The Hall–Kier alpha value is -2.08. The monoisotopic (exact) mass is 341 g/mol. The van der Waals surface area contributed by atoms with E-state index >= 15 is 0 Å². The van der Waals surface area contributed by atoms with E-state index in [1.54, 1.807) is 0 Å². The maximum atomic E-state index is 12.7. The second kappa shape index (κ2) is 6.67. The summed E-state index contributed by atoms with van der Waals surface area (Å²) in [5.41, 5.74) is 2.41. The number of aromatic nitrogens is 2. The van der Waals surface area contributed by atoms with E-state index in [0.717, 1.165) is 56.0 Å². The summed E-state index contributed by atoms with van der Waals surface area (Å²) >= 11 is 0. The largest absolute Gasteiger partial charge is 0.331 e. The number of benzene rings is 1. The van der Waals surface area contributed by atoms with E-state index in [9.17, 15) is 4.79 Å². The third-order valence-corrected chi connectivity index (χ3v) is 5.73. The molecular weight excluding hydrogens is 314 g/mol. The topological polar surface area (TPSA) is 62.2 Å². The number of imidazole rings is 1. The number of piperidine rings is 1. The Labute approximate surface area is 148 Å². The summed E-state index contributed by atoms with van der Waals surface area (Å²) in [6, 6.07) is 8.18. The van der Waals surface area contributed by atoms with Crippen molar-refractivity contribution in [2.45, 2.75) is 39.3 Å². The highest BCUT2D eigenvalue weighted by Gasteiger charge is 2.39. The minimum atomic E-state index is 0.0423. The van der Waals surface area contributed by atoms with Crippen molar-refractivity contribution in [1.29, 1.82) is 0 Å². The Morgan fingerprint density at radius 2 is 2.24 bits per heavy atom. The second-order valence-electron chi connectivity index (χ2n) is 7.37. The van der Waals surface area contributed by atoms with Crippen molar-refractivity contribution in [3.63, 3.8) is 0 Å². The molecule has 2 amide bonds. The number of nitrogens with zero attached hydrogens (tertiary/aromatic N) is 3. The highest BCUT2D eigenvalue weighted by Crippen LogP contribution is 2.35. The van der Waals surface area contributed by atoms with Gasteiger partial charge in [-0.1, -0.05) is 12.1 Å². The predicted octanol–water partition coefficient (Wildman–Crippen LogP) is 2.34. The molecule has 1 atom stereocenters. The van der Waals surface area contributed by atoms with Gasteiger partial charge in [-0.25, -0.2) is 9.78 Å². The van der Waals surface area contributed by atoms with Crippen LogP contribution in [0.4, 0.5) is 4.79 Å². The van der Waals surface area contributed by atoms with E-state index in [4.69, 9.17) is 4.98 Å². The van der Waals surface area contributed by atoms with Crippen LogP contribution in [0.15, 0.2) is 24.3 Å². The molecule has 134 valence electrons. The van der Waals surface area contributed by atoms with Crippen molar-refractivity contribution in [3.8, 4) is 0 Å². The number of hydrogen-bond donors (Lipinski definition) is 2. The molecule has 1 aromatic carbocycles. The molecule has 0 bridgehead atoms. The summed E-state index contributed by atoms with van der Waals surface area (Å²) in [6.07, 6.45) is 3.51.